The number of nitrogens with one attached hydrogen (secondary N) is 1. The molecule has 0 aliphatic carbocycles. The Morgan fingerprint density at radius 3 is 2.29 bits per heavy atom. The molecule has 14 heavy (non-hydrogen) atoms. The molecule has 1 atom stereocenters. The van der Waals surface area contributed by atoms with E-state index in [4.69, 9.17) is 5.73 Å². The highest BCUT2D eigenvalue weighted by Crippen LogP contribution is 2.19. The molecule has 0 saturated carbocycles. The van der Waals surface area contributed by atoms with Crippen molar-refractivity contribution in [3.8, 4) is 0 Å². The molecule has 0 radical (unpaired) electrons. The van der Waals surface area contributed by atoms with E-state index >= 15 is 0 Å². The number of aromatic amines is 1. The number of rotatable bonds is 1. The van der Waals surface area contributed by atoms with Crippen molar-refractivity contribution in [2.45, 2.75) is 39.2 Å². The Labute approximate surface area is 84.3 Å². The molecule has 0 aliphatic heterocycles. The number of H-pyrrole nitrogens is 1. The van der Waals surface area contributed by atoms with Crippen LogP contribution in [-0.4, -0.2) is 4.98 Å². The van der Waals surface area contributed by atoms with Crippen molar-refractivity contribution < 1.29 is 0 Å². The minimum Gasteiger partial charge on any atom is -0.325 e. The SMILES string of the molecule is CC(N)c1ccc(C(C)(C)C)[nH]c1=O. The molecule has 1 aromatic rings. The van der Waals surface area contributed by atoms with Gasteiger partial charge in [0.15, 0.2) is 0 Å². The zero-order chi connectivity index (χ0) is 10.9. The first-order valence-corrected chi connectivity index (χ1v) is 4.81. The van der Waals surface area contributed by atoms with Crippen LogP contribution in [0.4, 0.5) is 0 Å². The van der Waals surface area contributed by atoms with Crippen molar-refractivity contribution in [2.75, 3.05) is 0 Å². The summed E-state index contributed by atoms with van der Waals surface area (Å²) in [5.41, 5.74) is 7.12. The Balaban J connectivity index is 3.21. The van der Waals surface area contributed by atoms with Crippen LogP contribution in [-0.2, 0) is 5.41 Å². The zero-order valence-corrected chi connectivity index (χ0v) is 9.22. The molecule has 78 valence electrons. The summed E-state index contributed by atoms with van der Waals surface area (Å²) in [5.74, 6) is 0. The Morgan fingerprint density at radius 1 is 1.36 bits per heavy atom. The molecule has 0 amide bonds. The standard InChI is InChI=1S/C11H18N2O/c1-7(12)8-5-6-9(11(2,3)4)13-10(8)14/h5-7H,12H2,1-4H3,(H,13,14). The van der Waals surface area contributed by atoms with Gasteiger partial charge in [0.1, 0.15) is 0 Å². The van der Waals surface area contributed by atoms with E-state index in [1.54, 1.807) is 6.92 Å². The third kappa shape index (κ3) is 2.23. The smallest absolute Gasteiger partial charge is 0.252 e. The Morgan fingerprint density at radius 2 is 1.93 bits per heavy atom. The van der Waals surface area contributed by atoms with E-state index in [1.165, 1.54) is 0 Å². The van der Waals surface area contributed by atoms with Crippen molar-refractivity contribution in [3.05, 3.63) is 33.7 Å². The minimum atomic E-state index is -0.215. The van der Waals surface area contributed by atoms with Crippen molar-refractivity contribution in [2.24, 2.45) is 5.73 Å². The van der Waals surface area contributed by atoms with Crippen LogP contribution in [0.1, 0.15) is 45.0 Å². The van der Waals surface area contributed by atoms with E-state index in [1.807, 2.05) is 12.1 Å². The second-order valence-corrected chi connectivity index (χ2v) is 4.70. The third-order valence-electron chi connectivity index (χ3n) is 2.24. The van der Waals surface area contributed by atoms with Gasteiger partial charge in [0.2, 0.25) is 0 Å². The molecule has 0 fully saturated rings. The third-order valence-corrected chi connectivity index (χ3v) is 2.24. The fraction of sp³-hybridized carbons (Fsp3) is 0.545. The Kier molecular flexibility index (Phi) is 2.81. The van der Waals surface area contributed by atoms with E-state index < -0.39 is 0 Å². The van der Waals surface area contributed by atoms with Crippen LogP contribution in [0.15, 0.2) is 16.9 Å². The summed E-state index contributed by atoms with van der Waals surface area (Å²) >= 11 is 0. The first-order chi connectivity index (χ1) is 6.32. The maximum absolute atomic E-state index is 11.6. The number of nitrogens with two attached hydrogens (primary N) is 1. The summed E-state index contributed by atoms with van der Waals surface area (Å²) in [6, 6.07) is 3.53. The topological polar surface area (TPSA) is 58.9 Å². The molecule has 0 aromatic carbocycles. The van der Waals surface area contributed by atoms with Crippen LogP contribution in [0.3, 0.4) is 0 Å². The normalized spacial score (nSPS) is 14.1. The molecule has 0 spiro atoms. The van der Waals surface area contributed by atoms with E-state index in [0.29, 0.717) is 5.56 Å². The van der Waals surface area contributed by atoms with Crippen molar-refractivity contribution in [1.29, 1.82) is 0 Å². The molecule has 1 rings (SSSR count). The number of hydrogen-bond acceptors (Lipinski definition) is 2. The average molecular weight is 194 g/mol. The highest BCUT2D eigenvalue weighted by molar-refractivity contribution is 5.21. The summed E-state index contributed by atoms with van der Waals surface area (Å²) in [4.78, 5) is 14.5. The molecule has 1 heterocycles. The number of pyridine rings is 1. The number of hydrogen-bond donors (Lipinski definition) is 2. The van der Waals surface area contributed by atoms with Crippen molar-refractivity contribution >= 4 is 0 Å². The lowest BCUT2D eigenvalue weighted by Gasteiger charge is -2.18. The van der Waals surface area contributed by atoms with Crippen LogP contribution in [0.25, 0.3) is 0 Å². The molecule has 3 heteroatoms. The van der Waals surface area contributed by atoms with Crippen LogP contribution < -0.4 is 11.3 Å². The first kappa shape index (κ1) is 11.0. The highest BCUT2D eigenvalue weighted by Gasteiger charge is 2.15. The molecular formula is C11H18N2O. The molecular weight excluding hydrogens is 176 g/mol. The number of aromatic nitrogens is 1. The van der Waals surface area contributed by atoms with Crippen LogP contribution in [0.2, 0.25) is 0 Å². The largest absolute Gasteiger partial charge is 0.325 e. The maximum atomic E-state index is 11.6. The Hall–Kier alpha value is -1.09. The zero-order valence-electron chi connectivity index (χ0n) is 9.22. The summed E-state index contributed by atoms with van der Waals surface area (Å²) in [6.07, 6.45) is 0. The van der Waals surface area contributed by atoms with Gasteiger partial charge >= 0.3 is 0 Å². The molecule has 0 aliphatic rings. The predicted molar refractivity (Wildman–Crippen MR) is 58.4 cm³/mol. The van der Waals surface area contributed by atoms with Gasteiger partial charge in [-0.25, -0.2) is 0 Å². The maximum Gasteiger partial charge on any atom is 0.252 e. The van der Waals surface area contributed by atoms with Gasteiger partial charge in [-0.2, -0.15) is 0 Å². The van der Waals surface area contributed by atoms with Gasteiger partial charge in [0.05, 0.1) is 0 Å². The highest BCUT2D eigenvalue weighted by atomic mass is 16.1. The molecule has 0 bridgehead atoms. The van der Waals surface area contributed by atoms with Gasteiger partial charge in [-0.05, 0) is 13.0 Å². The van der Waals surface area contributed by atoms with E-state index in [0.717, 1.165) is 5.69 Å². The molecule has 0 saturated heterocycles. The summed E-state index contributed by atoms with van der Waals surface area (Å²) < 4.78 is 0. The molecule has 3 nitrogen and oxygen atoms in total. The Bertz CT molecular complexity index is 372. The average Bonchev–Trinajstić information content (AvgIpc) is 2.01. The van der Waals surface area contributed by atoms with Crippen LogP contribution >= 0.6 is 0 Å². The minimum absolute atomic E-state index is 0.0322. The quantitative estimate of drug-likeness (QED) is 0.714. The van der Waals surface area contributed by atoms with Gasteiger partial charge < -0.3 is 10.7 Å². The predicted octanol–water partition coefficient (Wildman–Crippen LogP) is 1.69. The lowest BCUT2D eigenvalue weighted by Crippen LogP contribution is -2.24. The summed E-state index contributed by atoms with van der Waals surface area (Å²) in [6.45, 7) is 7.98. The fourth-order valence-electron chi connectivity index (χ4n) is 1.28. The van der Waals surface area contributed by atoms with E-state index in [-0.39, 0.29) is 17.0 Å². The van der Waals surface area contributed by atoms with E-state index in [9.17, 15) is 4.79 Å². The van der Waals surface area contributed by atoms with Gasteiger partial charge in [-0.1, -0.05) is 26.8 Å². The summed E-state index contributed by atoms with van der Waals surface area (Å²) in [5, 5.41) is 0. The molecule has 1 unspecified atom stereocenters. The second kappa shape index (κ2) is 3.58. The molecule has 3 N–H and O–H groups in total. The van der Waals surface area contributed by atoms with Crippen LogP contribution in [0.5, 0.6) is 0 Å². The molecule has 1 aromatic heterocycles. The fourth-order valence-corrected chi connectivity index (χ4v) is 1.28. The monoisotopic (exact) mass is 194 g/mol. The van der Waals surface area contributed by atoms with Gasteiger partial charge in [-0.15, -0.1) is 0 Å². The van der Waals surface area contributed by atoms with Crippen molar-refractivity contribution in [3.63, 3.8) is 0 Å². The van der Waals surface area contributed by atoms with Crippen molar-refractivity contribution in [1.82, 2.24) is 4.98 Å². The van der Waals surface area contributed by atoms with Gasteiger partial charge in [-0.3, -0.25) is 4.79 Å². The van der Waals surface area contributed by atoms with Crippen LogP contribution in [0, 0.1) is 0 Å². The van der Waals surface area contributed by atoms with E-state index in [2.05, 4.69) is 25.8 Å². The second-order valence-electron chi connectivity index (χ2n) is 4.70. The lowest BCUT2D eigenvalue weighted by atomic mass is 9.91. The lowest BCUT2D eigenvalue weighted by molar-refractivity contribution is 0.565. The summed E-state index contributed by atoms with van der Waals surface area (Å²) in [7, 11) is 0. The first-order valence-electron chi connectivity index (χ1n) is 4.81. The van der Waals surface area contributed by atoms with Gasteiger partial charge in [0, 0.05) is 22.7 Å². The van der Waals surface area contributed by atoms with Gasteiger partial charge in [0.25, 0.3) is 5.56 Å².